The molecule has 0 fully saturated rings. The number of fused-ring (bicyclic) bond motifs is 8. The second kappa shape index (κ2) is 13.4. The lowest BCUT2D eigenvalue weighted by Gasteiger charge is -2.27. The lowest BCUT2D eigenvalue weighted by Crippen LogP contribution is -2.10. The summed E-state index contributed by atoms with van der Waals surface area (Å²) in [5.41, 5.74) is 10.7. The zero-order valence-electron chi connectivity index (χ0n) is 30.6. The highest BCUT2D eigenvalue weighted by atomic mass is 32.1. The number of hydrogen-bond donors (Lipinski definition) is 0. The maximum Gasteiger partial charge on any atom is 0.0540 e. The Balaban J connectivity index is 1.06. The lowest BCUT2D eigenvalue weighted by atomic mass is 9.89. The van der Waals surface area contributed by atoms with Crippen molar-refractivity contribution in [3.05, 3.63) is 212 Å². The average molecular weight is 730 g/mol. The summed E-state index contributed by atoms with van der Waals surface area (Å²) < 4.78 is 2.65. The van der Waals surface area contributed by atoms with E-state index < -0.39 is 0 Å². The van der Waals surface area contributed by atoms with Gasteiger partial charge in [0.15, 0.2) is 0 Å². The molecule has 11 aromatic rings. The van der Waals surface area contributed by atoms with Crippen LogP contribution in [-0.4, -0.2) is 0 Å². The topological polar surface area (TPSA) is 3.24 Å². The molecular weight excluding hydrogens is 695 g/mol. The summed E-state index contributed by atoms with van der Waals surface area (Å²) in [6.45, 7) is 0. The molecule has 2 heteroatoms. The number of rotatable bonds is 6. The lowest BCUT2D eigenvalue weighted by molar-refractivity contribution is 1.30. The molecule has 0 saturated heterocycles. The van der Waals surface area contributed by atoms with E-state index >= 15 is 0 Å². The van der Waals surface area contributed by atoms with Gasteiger partial charge in [0, 0.05) is 42.3 Å². The number of thiophene rings is 1. The van der Waals surface area contributed by atoms with Gasteiger partial charge < -0.3 is 4.90 Å². The minimum atomic E-state index is 1.11. The van der Waals surface area contributed by atoms with Crippen LogP contribution >= 0.6 is 11.3 Å². The average Bonchev–Trinajstić information content (AvgIpc) is 3.67. The molecule has 56 heavy (non-hydrogen) atoms. The van der Waals surface area contributed by atoms with Crippen LogP contribution in [0.5, 0.6) is 0 Å². The first-order chi connectivity index (χ1) is 27.8. The molecule has 0 unspecified atom stereocenters. The molecule has 0 spiro atoms. The van der Waals surface area contributed by atoms with Crippen molar-refractivity contribution in [2.75, 3.05) is 4.90 Å². The summed E-state index contributed by atoms with van der Waals surface area (Å²) >= 11 is 1.88. The highest BCUT2D eigenvalue weighted by molar-refractivity contribution is 7.26. The summed E-state index contributed by atoms with van der Waals surface area (Å²) in [7, 11) is 0. The monoisotopic (exact) mass is 729 g/mol. The van der Waals surface area contributed by atoms with Crippen LogP contribution in [0.3, 0.4) is 0 Å². The van der Waals surface area contributed by atoms with E-state index in [2.05, 4.69) is 217 Å². The highest BCUT2D eigenvalue weighted by Crippen LogP contribution is 2.45. The molecule has 0 aliphatic carbocycles. The van der Waals surface area contributed by atoms with Crippen LogP contribution in [0.1, 0.15) is 0 Å². The van der Waals surface area contributed by atoms with Gasteiger partial charge in [-0.15, -0.1) is 11.3 Å². The number of benzene rings is 10. The molecule has 262 valence electrons. The third kappa shape index (κ3) is 5.38. The van der Waals surface area contributed by atoms with E-state index in [9.17, 15) is 0 Å². The fourth-order valence-electron chi connectivity index (χ4n) is 8.62. The molecule has 0 amide bonds. The van der Waals surface area contributed by atoms with Crippen LogP contribution in [0, 0.1) is 0 Å². The zero-order valence-corrected chi connectivity index (χ0v) is 31.4. The van der Waals surface area contributed by atoms with Crippen LogP contribution in [0.25, 0.3) is 85.9 Å². The van der Waals surface area contributed by atoms with Crippen LogP contribution in [0.4, 0.5) is 17.1 Å². The van der Waals surface area contributed by atoms with Crippen LogP contribution < -0.4 is 4.90 Å². The summed E-state index contributed by atoms with van der Waals surface area (Å²) in [5, 5.41) is 10.2. The first-order valence-corrected chi connectivity index (χ1v) is 20.0. The van der Waals surface area contributed by atoms with Gasteiger partial charge in [0.2, 0.25) is 0 Å². The zero-order chi connectivity index (χ0) is 37.0. The molecule has 0 atom stereocenters. The van der Waals surface area contributed by atoms with Crippen molar-refractivity contribution in [3.8, 4) is 33.4 Å². The van der Waals surface area contributed by atoms with E-state index in [-0.39, 0.29) is 0 Å². The molecule has 1 nitrogen and oxygen atoms in total. The van der Waals surface area contributed by atoms with Crippen LogP contribution in [0.2, 0.25) is 0 Å². The predicted molar refractivity (Wildman–Crippen MR) is 243 cm³/mol. The molecule has 0 N–H and O–H groups in total. The number of anilines is 3. The van der Waals surface area contributed by atoms with Crippen molar-refractivity contribution in [3.63, 3.8) is 0 Å². The van der Waals surface area contributed by atoms with Gasteiger partial charge in [-0.1, -0.05) is 170 Å². The van der Waals surface area contributed by atoms with Crippen LogP contribution in [-0.2, 0) is 0 Å². The van der Waals surface area contributed by atoms with Crippen molar-refractivity contribution in [1.82, 2.24) is 0 Å². The van der Waals surface area contributed by atoms with E-state index in [0.29, 0.717) is 0 Å². The van der Waals surface area contributed by atoms with E-state index in [4.69, 9.17) is 0 Å². The Hall–Kier alpha value is -7.00. The molecule has 11 rings (SSSR count). The summed E-state index contributed by atoms with van der Waals surface area (Å²) in [5.74, 6) is 0. The van der Waals surface area contributed by atoms with Gasteiger partial charge in [-0.05, 0) is 97.4 Å². The Bertz CT molecular complexity index is 3230. The second-order valence-corrected chi connectivity index (χ2v) is 15.5. The van der Waals surface area contributed by atoms with Crippen molar-refractivity contribution in [2.24, 2.45) is 0 Å². The van der Waals surface area contributed by atoms with Gasteiger partial charge in [-0.2, -0.15) is 0 Å². The first-order valence-electron chi connectivity index (χ1n) is 19.2. The summed E-state index contributed by atoms with van der Waals surface area (Å²) in [6.07, 6.45) is 0. The van der Waals surface area contributed by atoms with Crippen molar-refractivity contribution >= 4 is 80.9 Å². The van der Waals surface area contributed by atoms with Gasteiger partial charge in [0.1, 0.15) is 0 Å². The molecule has 10 aromatic carbocycles. The smallest absolute Gasteiger partial charge is 0.0540 e. The maximum atomic E-state index is 2.42. The van der Waals surface area contributed by atoms with E-state index in [0.717, 1.165) is 17.1 Å². The van der Waals surface area contributed by atoms with Crippen molar-refractivity contribution in [2.45, 2.75) is 0 Å². The molecule has 0 bridgehead atoms. The SMILES string of the molecule is c1ccc(-c2ccc(N(c3ccc(-c4ccccc4-c4cc5ccccc5c5ccccc45)cc3)c3cccc4c3ccc3c5ccccc5sc43)cc2)cc1. The molecule has 0 saturated carbocycles. The van der Waals surface area contributed by atoms with Gasteiger partial charge in [0.25, 0.3) is 0 Å². The van der Waals surface area contributed by atoms with E-state index in [1.54, 1.807) is 0 Å². The van der Waals surface area contributed by atoms with Gasteiger partial charge in [0.05, 0.1) is 5.69 Å². The van der Waals surface area contributed by atoms with E-state index in [1.165, 1.54) is 85.9 Å². The fraction of sp³-hybridized carbons (Fsp3) is 0. The highest BCUT2D eigenvalue weighted by Gasteiger charge is 2.19. The van der Waals surface area contributed by atoms with Crippen molar-refractivity contribution < 1.29 is 0 Å². The first kappa shape index (κ1) is 32.4. The van der Waals surface area contributed by atoms with Gasteiger partial charge in [-0.3, -0.25) is 0 Å². The third-order valence-corrected chi connectivity index (χ3v) is 12.5. The van der Waals surface area contributed by atoms with Gasteiger partial charge in [-0.25, -0.2) is 0 Å². The molecule has 0 radical (unpaired) electrons. The Labute approximate surface area is 330 Å². The third-order valence-electron chi connectivity index (χ3n) is 11.3. The minimum Gasteiger partial charge on any atom is -0.310 e. The Morgan fingerprint density at radius 1 is 0.304 bits per heavy atom. The van der Waals surface area contributed by atoms with Crippen molar-refractivity contribution in [1.29, 1.82) is 0 Å². The summed E-state index contributed by atoms with van der Waals surface area (Å²) in [4.78, 5) is 2.42. The number of hydrogen-bond acceptors (Lipinski definition) is 2. The maximum absolute atomic E-state index is 2.42. The van der Waals surface area contributed by atoms with E-state index in [1.807, 2.05) is 11.3 Å². The largest absolute Gasteiger partial charge is 0.310 e. The Morgan fingerprint density at radius 3 is 1.64 bits per heavy atom. The molecule has 0 aliphatic rings. The Kier molecular flexibility index (Phi) is 7.75. The fourth-order valence-corrected chi connectivity index (χ4v) is 9.85. The molecule has 0 aliphatic heterocycles. The van der Waals surface area contributed by atoms with Crippen LogP contribution in [0.15, 0.2) is 212 Å². The minimum absolute atomic E-state index is 1.11. The Morgan fingerprint density at radius 2 is 0.857 bits per heavy atom. The predicted octanol–water partition coefficient (Wildman–Crippen LogP) is 16.0. The normalized spacial score (nSPS) is 11.6. The molecule has 1 heterocycles. The molecule has 1 aromatic heterocycles. The second-order valence-electron chi connectivity index (χ2n) is 14.4. The molecular formula is C54H35NS. The standard InChI is InChI=1S/C54H35NS/c1-2-13-36(14-3-1)37-25-29-40(30-26-37)55(52-23-12-22-49-47(52)33-34-50-48-21-10-11-24-53(48)56-54(49)50)41-31-27-38(28-32-41)42-16-6-7-19-45(42)51-35-39-15-4-5-17-43(39)44-18-8-9-20-46(44)51/h1-35H. The quantitative estimate of drug-likeness (QED) is 0.154. The summed E-state index contributed by atoms with van der Waals surface area (Å²) in [6, 6.07) is 77.6. The van der Waals surface area contributed by atoms with Gasteiger partial charge >= 0.3 is 0 Å². The number of nitrogens with zero attached hydrogens (tertiary/aromatic N) is 1.